The van der Waals surface area contributed by atoms with Gasteiger partial charge in [0.15, 0.2) is 0 Å². The maximum atomic E-state index is 5.73. The van der Waals surface area contributed by atoms with Crippen LogP contribution in [0.1, 0.15) is 42.3 Å². The largest absolute Gasteiger partial charge is 0.489 e. The predicted molar refractivity (Wildman–Crippen MR) is 97.2 cm³/mol. The van der Waals surface area contributed by atoms with Crippen LogP contribution in [0.4, 0.5) is 0 Å². The van der Waals surface area contributed by atoms with Crippen molar-refractivity contribution in [3.63, 3.8) is 0 Å². The smallest absolute Gasteiger partial charge is 0.120 e. The fourth-order valence-electron chi connectivity index (χ4n) is 3.24. The van der Waals surface area contributed by atoms with E-state index in [0.717, 1.165) is 30.8 Å². The molecule has 0 atom stereocenters. The first kappa shape index (κ1) is 16.8. The lowest BCUT2D eigenvalue weighted by atomic mass is 9.96. The quantitative estimate of drug-likeness (QED) is 0.786. The number of nitrogens with one attached hydrogen (secondary N) is 1. The van der Waals surface area contributed by atoms with E-state index in [9.17, 15) is 0 Å². The molecule has 0 radical (unpaired) electrons. The van der Waals surface area contributed by atoms with Gasteiger partial charge in [0, 0.05) is 18.8 Å². The lowest BCUT2D eigenvalue weighted by Crippen LogP contribution is -2.18. The molecule has 0 amide bonds. The number of hydrogen-bond donors (Lipinski definition) is 1. The molecule has 3 rings (SSSR count). The highest BCUT2D eigenvalue weighted by atomic mass is 16.5. The Kier molecular flexibility index (Phi) is 5.36. The van der Waals surface area contributed by atoms with Gasteiger partial charge >= 0.3 is 0 Å². The van der Waals surface area contributed by atoms with E-state index in [0.29, 0.717) is 6.61 Å². The van der Waals surface area contributed by atoms with Gasteiger partial charge in [-0.2, -0.15) is 5.10 Å². The molecule has 1 aromatic carbocycles. The molecule has 1 aliphatic rings. The normalized spacial score (nSPS) is 13.8. The Hall–Kier alpha value is -2.07. The molecule has 1 N–H and O–H groups in total. The Labute approximate surface area is 144 Å². The van der Waals surface area contributed by atoms with Gasteiger partial charge in [0.25, 0.3) is 0 Å². The van der Waals surface area contributed by atoms with Crippen LogP contribution in [0, 0.1) is 0 Å². The van der Waals surface area contributed by atoms with Crippen LogP contribution in [-0.4, -0.2) is 28.8 Å². The molecule has 128 valence electrons. The number of nitrogens with zero attached hydrogens (tertiary/aromatic N) is 2. The van der Waals surface area contributed by atoms with Crippen LogP contribution in [0.2, 0.25) is 0 Å². The Balaban J connectivity index is 1.60. The molecule has 1 aromatic heterocycles. The average Bonchev–Trinajstić information content (AvgIpc) is 2.96. The third-order valence-electron chi connectivity index (χ3n) is 4.40. The second-order valence-corrected chi connectivity index (χ2v) is 6.90. The molecule has 2 aromatic rings. The summed E-state index contributed by atoms with van der Waals surface area (Å²) in [5, 5.41) is 7.77. The van der Waals surface area contributed by atoms with Gasteiger partial charge in [-0.05, 0) is 68.5 Å². The van der Waals surface area contributed by atoms with Crippen molar-refractivity contribution in [3.05, 3.63) is 58.9 Å². The lowest BCUT2D eigenvalue weighted by Gasteiger charge is -2.18. The third-order valence-corrected chi connectivity index (χ3v) is 4.40. The molecule has 0 unspecified atom stereocenters. The SMILES string of the molecule is C=C(C)COc1cccc(CN(C)Cc2n[nH]c3c2CCCC3)c1. The highest BCUT2D eigenvalue weighted by Gasteiger charge is 2.17. The first-order valence-electron chi connectivity index (χ1n) is 8.71. The van der Waals surface area contributed by atoms with Gasteiger partial charge in [-0.25, -0.2) is 0 Å². The van der Waals surface area contributed by atoms with Crippen LogP contribution in [0.5, 0.6) is 5.75 Å². The van der Waals surface area contributed by atoms with Crippen molar-refractivity contribution in [1.29, 1.82) is 0 Å². The molecule has 0 aliphatic heterocycles. The molecule has 0 saturated heterocycles. The van der Waals surface area contributed by atoms with Gasteiger partial charge in [-0.1, -0.05) is 18.7 Å². The van der Waals surface area contributed by atoms with E-state index in [1.807, 2.05) is 19.1 Å². The highest BCUT2D eigenvalue weighted by Crippen LogP contribution is 2.23. The first-order valence-corrected chi connectivity index (χ1v) is 8.71. The first-order chi connectivity index (χ1) is 11.6. The number of ether oxygens (including phenoxy) is 1. The molecule has 0 fully saturated rings. The molecular weight excluding hydrogens is 298 g/mol. The number of aryl methyl sites for hydroxylation is 1. The van der Waals surface area contributed by atoms with E-state index in [1.54, 1.807) is 0 Å². The molecule has 0 saturated carbocycles. The van der Waals surface area contributed by atoms with Crippen molar-refractivity contribution in [2.75, 3.05) is 13.7 Å². The summed E-state index contributed by atoms with van der Waals surface area (Å²) in [5.74, 6) is 0.904. The lowest BCUT2D eigenvalue weighted by molar-refractivity contribution is 0.311. The van der Waals surface area contributed by atoms with Crippen molar-refractivity contribution in [2.24, 2.45) is 0 Å². The summed E-state index contributed by atoms with van der Waals surface area (Å²) < 4.78 is 5.73. The summed E-state index contributed by atoms with van der Waals surface area (Å²) in [6.07, 6.45) is 4.88. The molecule has 0 spiro atoms. The zero-order valence-corrected chi connectivity index (χ0v) is 14.8. The summed E-state index contributed by atoms with van der Waals surface area (Å²) in [5.41, 5.74) is 6.29. The molecule has 24 heavy (non-hydrogen) atoms. The summed E-state index contributed by atoms with van der Waals surface area (Å²) in [7, 11) is 2.14. The highest BCUT2D eigenvalue weighted by molar-refractivity contribution is 5.30. The Morgan fingerprint density at radius 3 is 2.96 bits per heavy atom. The van der Waals surface area contributed by atoms with Gasteiger partial charge in [-0.3, -0.25) is 10.00 Å². The van der Waals surface area contributed by atoms with Crippen LogP contribution in [-0.2, 0) is 25.9 Å². The number of rotatable bonds is 7. The fraction of sp³-hybridized carbons (Fsp3) is 0.450. The van der Waals surface area contributed by atoms with Gasteiger partial charge in [0.2, 0.25) is 0 Å². The summed E-state index contributed by atoms with van der Waals surface area (Å²) >= 11 is 0. The minimum atomic E-state index is 0.568. The number of fused-ring (bicyclic) bond motifs is 1. The van der Waals surface area contributed by atoms with Crippen LogP contribution in [0.25, 0.3) is 0 Å². The van der Waals surface area contributed by atoms with Gasteiger partial charge in [0.05, 0.1) is 5.69 Å². The molecule has 4 heteroatoms. The molecule has 0 bridgehead atoms. The summed E-state index contributed by atoms with van der Waals surface area (Å²) in [4.78, 5) is 2.31. The minimum Gasteiger partial charge on any atom is -0.489 e. The third kappa shape index (κ3) is 4.26. The number of H-pyrrole nitrogens is 1. The zero-order valence-electron chi connectivity index (χ0n) is 14.8. The average molecular weight is 325 g/mol. The van der Waals surface area contributed by atoms with E-state index in [1.165, 1.54) is 41.8 Å². The monoisotopic (exact) mass is 325 g/mol. The van der Waals surface area contributed by atoms with E-state index in [4.69, 9.17) is 4.74 Å². The maximum absolute atomic E-state index is 5.73. The van der Waals surface area contributed by atoms with Crippen molar-refractivity contribution in [2.45, 2.75) is 45.7 Å². The second kappa shape index (κ2) is 7.67. The minimum absolute atomic E-state index is 0.568. The van der Waals surface area contributed by atoms with Crippen molar-refractivity contribution in [3.8, 4) is 5.75 Å². The van der Waals surface area contributed by atoms with Crippen molar-refractivity contribution >= 4 is 0 Å². The van der Waals surface area contributed by atoms with Crippen LogP contribution < -0.4 is 4.74 Å². The van der Waals surface area contributed by atoms with Crippen molar-refractivity contribution < 1.29 is 4.74 Å². The van der Waals surface area contributed by atoms with Gasteiger partial charge in [0.1, 0.15) is 12.4 Å². The van der Waals surface area contributed by atoms with Crippen molar-refractivity contribution in [1.82, 2.24) is 15.1 Å². The second-order valence-electron chi connectivity index (χ2n) is 6.90. The van der Waals surface area contributed by atoms with Gasteiger partial charge in [-0.15, -0.1) is 0 Å². The van der Waals surface area contributed by atoms with Crippen LogP contribution in [0.15, 0.2) is 36.4 Å². The van der Waals surface area contributed by atoms with E-state index in [-0.39, 0.29) is 0 Å². The van der Waals surface area contributed by atoms with Gasteiger partial charge < -0.3 is 4.74 Å². The van der Waals surface area contributed by atoms with E-state index >= 15 is 0 Å². The molecule has 4 nitrogen and oxygen atoms in total. The maximum Gasteiger partial charge on any atom is 0.120 e. The standard InChI is InChI=1S/C20H27N3O/c1-15(2)14-24-17-8-6-7-16(11-17)12-23(3)13-20-18-9-4-5-10-19(18)21-22-20/h6-8,11H,1,4-5,9-10,12-14H2,2-3H3,(H,21,22). The zero-order chi connectivity index (χ0) is 16.9. The number of benzene rings is 1. The Morgan fingerprint density at radius 1 is 1.29 bits per heavy atom. The molecular formula is C20H27N3O. The summed E-state index contributed by atoms with van der Waals surface area (Å²) in [6, 6.07) is 8.30. The molecule has 1 aliphatic carbocycles. The number of aromatic amines is 1. The number of hydrogen-bond acceptors (Lipinski definition) is 3. The Morgan fingerprint density at radius 2 is 2.12 bits per heavy atom. The number of aromatic nitrogens is 2. The molecule has 1 heterocycles. The topological polar surface area (TPSA) is 41.1 Å². The van der Waals surface area contributed by atoms with Crippen LogP contribution in [0.3, 0.4) is 0 Å². The fourth-order valence-corrected chi connectivity index (χ4v) is 3.24. The summed E-state index contributed by atoms with van der Waals surface area (Å²) in [6.45, 7) is 8.18. The van der Waals surface area contributed by atoms with E-state index in [2.05, 4.69) is 40.9 Å². The predicted octanol–water partition coefficient (Wildman–Crippen LogP) is 3.88. The Bertz CT molecular complexity index is 705. The van der Waals surface area contributed by atoms with Crippen LogP contribution >= 0.6 is 0 Å². The van der Waals surface area contributed by atoms with E-state index < -0.39 is 0 Å².